The highest BCUT2D eigenvalue weighted by atomic mass is 16.6. The normalized spacial score (nSPS) is 14.5. The van der Waals surface area contributed by atoms with Crippen molar-refractivity contribution < 1.29 is 14.3 Å². The number of carbonyl (C=O) groups excluding carboxylic acids is 2. The standard InChI is InChI=1S/C28H34N4O3/c1-28(2,3)35-27(34)31-16-14-23(15-17-31)26(33)29-18-24-20-32(19-21-10-6-4-7-11-21)30-25(24)22-12-8-5-9-13-22/h4-13,20,23H,14-19H2,1-3H3,(H,29,33). The summed E-state index contributed by atoms with van der Waals surface area (Å²) in [6.07, 6.45) is 2.96. The van der Waals surface area contributed by atoms with Gasteiger partial charge in [-0.3, -0.25) is 9.48 Å². The van der Waals surface area contributed by atoms with Gasteiger partial charge in [-0.15, -0.1) is 0 Å². The number of hydrogen-bond acceptors (Lipinski definition) is 4. The lowest BCUT2D eigenvalue weighted by Crippen LogP contribution is -2.44. The molecule has 0 aliphatic carbocycles. The number of benzene rings is 2. The van der Waals surface area contributed by atoms with Crippen molar-refractivity contribution in [2.45, 2.75) is 52.3 Å². The fraction of sp³-hybridized carbons (Fsp3) is 0.393. The highest BCUT2D eigenvalue weighted by Gasteiger charge is 2.30. The van der Waals surface area contributed by atoms with Gasteiger partial charge in [0.05, 0.1) is 12.2 Å². The Morgan fingerprint density at radius 2 is 1.63 bits per heavy atom. The molecule has 0 atom stereocenters. The van der Waals surface area contributed by atoms with Crippen LogP contribution in [0.5, 0.6) is 0 Å². The molecule has 0 radical (unpaired) electrons. The predicted octanol–water partition coefficient (Wildman–Crippen LogP) is 4.86. The molecule has 2 heterocycles. The number of piperidine rings is 1. The molecule has 0 spiro atoms. The van der Waals surface area contributed by atoms with Gasteiger partial charge in [0.1, 0.15) is 5.60 Å². The van der Waals surface area contributed by atoms with Gasteiger partial charge in [0.25, 0.3) is 0 Å². The number of rotatable bonds is 6. The number of nitrogens with one attached hydrogen (secondary N) is 1. The van der Waals surface area contributed by atoms with E-state index in [4.69, 9.17) is 9.84 Å². The SMILES string of the molecule is CC(C)(C)OC(=O)N1CCC(C(=O)NCc2cn(Cc3ccccc3)nc2-c2ccccc2)CC1. The number of amides is 2. The summed E-state index contributed by atoms with van der Waals surface area (Å²) < 4.78 is 7.38. The summed E-state index contributed by atoms with van der Waals surface area (Å²) in [5.41, 5.74) is 3.52. The van der Waals surface area contributed by atoms with Crippen LogP contribution < -0.4 is 5.32 Å². The Kier molecular flexibility index (Phi) is 7.54. The van der Waals surface area contributed by atoms with Crippen molar-refractivity contribution in [1.29, 1.82) is 0 Å². The number of nitrogens with zero attached hydrogens (tertiary/aromatic N) is 3. The minimum atomic E-state index is -0.521. The van der Waals surface area contributed by atoms with Crippen molar-refractivity contribution in [3.8, 4) is 11.3 Å². The highest BCUT2D eigenvalue weighted by Crippen LogP contribution is 2.24. The molecule has 1 aliphatic heterocycles. The average Bonchev–Trinajstić information content (AvgIpc) is 3.25. The lowest BCUT2D eigenvalue weighted by atomic mass is 9.96. The maximum Gasteiger partial charge on any atom is 0.410 e. The third-order valence-electron chi connectivity index (χ3n) is 6.04. The zero-order valence-corrected chi connectivity index (χ0v) is 20.7. The van der Waals surface area contributed by atoms with Crippen LogP contribution in [0.3, 0.4) is 0 Å². The Hall–Kier alpha value is -3.61. The maximum atomic E-state index is 12.9. The first kappa shape index (κ1) is 24.5. The Balaban J connectivity index is 1.39. The van der Waals surface area contributed by atoms with E-state index in [0.717, 1.165) is 16.8 Å². The quantitative estimate of drug-likeness (QED) is 0.553. The first-order valence-electron chi connectivity index (χ1n) is 12.2. The molecule has 4 rings (SSSR count). The van der Waals surface area contributed by atoms with Gasteiger partial charge in [0.2, 0.25) is 5.91 Å². The average molecular weight is 475 g/mol. The zero-order chi connectivity index (χ0) is 24.8. The second-order valence-electron chi connectivity index (χ2n) is 10.0. The molecule has 2 aromatic carbocycles. The fourth-order valence-electron chi connectivity index (χ4n) is 4.26. The third-order valence-corrected chi connectivity index (χ3v) is 6.04. The van der Waals surface area contributed by atoms with E-state index in [1.54, 1.807) is 4.90 Å². The van der Waals surface area contributed by atoms with E-state index in [9.17, 15) is 9.59 Å². The van der Waals surface area contributed by atoms with Crippen LogP contribution in [-0.2, 0) is 22.6 Å². The summed E-state index contributed by atoms with van der Waals surface area (Å²) in [4.78, 5) is 26.9. The Bertz CT molecular complexity index is 1130. The van der Waals surface area contributed by atoms with Crippen LogP contribution in [0.1, 0.15) is 44.7 Å². The van der Waals surface area contributed by atoms with Crippen molar-refractivity contribution in [1.82, 2.24) is 20.0 Å². The second-order valence-corrected chi connectivity index (χ2v) is 10.0. The molecule has 0 unspecified atom stereocenters. The smallest absolute Gasteiger partial charge is 0.410 e. The molecule has 1 fully saturated rings. The molecular formula is C28H34N4O3. The maximum absolute atomic E-state index is 12.9. The number of hydrogen-bond donors (Lipinski definition) is 1. The summed E-state index contributed by atoms with van der Waals surface area (Å²) in [6.45, 7) is 7.70. The van der Waals surface area contributed by atoms with Gasteiger partial charge < -0.3 is 15.0 Å². The van der Waals surface area contributed by atoms with Crippen LogP contribution in [-0.4, -0.2) is 45.4 Å². The molecule has 35 heavy (non-hydrogen) atoms. The number of aromatic nitrogens is 2. The molecule has 2 amide bonds. The summed E-state index contributed by atoms with van der Waals surface area (Å²) in [5, 5.41) is 7.94. The topological polar surface area (TPSA) is 76.5 Å². The van der Waals surface area contributed by atoms with Crippen LogP contribution in [0.4, 0.5) is 4.79 Å². The zero-order valence-electron chi connectivity index (χ0n) is 20.7. The van der Waals surface area contributed by atoms with Crippen molar-refractivity contribution in [2.75, 3.05) is 13.1 Å². The largest absolute Gasteiger partial charge is 0.444 e. The van der Waals surface area contributed by atoms with Gasteiger partial charge in [-0.1, -0.05) is 60.7 Å². The lowest BCUT2D eigenvalue weighted by molar-refractivity contribution is -0.126. The third kappa shape index (κ3) is 6.72. The fourth-order valence-corrected chi connectivity index (χ4v) is 4.26. The van der Waals surface area contributed by atoms with Crippen molar-refractivity contribution in [3.63, 3.8) is 0 Å². The summed E-state index contributed by atoms with van der Waals surface area (Å²) in [7, 11) is 0. The Labute approximate surface area is 207 Å². The first-order valence-corrected chi connectivity index (χ1v) is 12.2. The van der Waals surface area contributed by atoms with Crippen molar-refractivity contribution >= 4 is 12.0 Å². The molecule has 0 bridgehead atoms. The van der Waals surface area contributed by atoms with Crippen LogP contribution in [0.15, 0.2) is 66.9 Å². The Morgan fingerprint density at radius 3 is 2.26 bits per heavy atom. The highest BCUT2D eigenvalue weighted by molar-refractivity contribution is 5.79. The van der Waals surface area contributed by atoms with E-state index >= 15 is 0 Å². The van der Waals surface area contributed by atoms with E-state index in [1.807, 2.05) is 80.2 Å². The van der Waals surface area contributed by atoms with Gasteiger partial charge >= 0.3 is 6.09 Å². The molecule has 7 heteroatoms. The monoisotopic (exact) mass is 474 g/mol. The predicted molar refractivity (Wildman–Crippen MR) is 136 cm³/mol. The van der Waals surface area contributed by atoms with Crippen molar-refractivity contribution in [2.24, 2.45) is 5.92 Å². The number of likely N-dealkylation sites (tertiary alicyclic amines) is 1. The molecule has 0 saturated carbocycles. The van der Waals surface area contributed by atoms with Gasteiger partial charge in [0.15, 0.2) is 0 Å². The van der Waals surface area contributed by atoms with E-state index in [2.05, 4.69) is 17.4 Å². The molecule has 1 saturated heterocycles. The van der Waals surface area contributed by atoms with Gasteiger partial charge in [-0.2, -0.15) is 5.10 Å². The lowest BCUT2D eigenvalue weighted by Gasteiger charge is -2.32. The molecule has 1 aromatic heterocycles. The van der Waals surface area contributed by atoms with E-state index in [1.165, 1.54) is 5.56 Å². The second kappa shape index (κ2) is 10.8. The summed E-state index contributed by atoms with van der Waals surface area (Å²) in [6, 6.07) is 20.2. The number of ether oxygens (including phenoxy) is 1. The first-order chi connectivity index (χ1) is 16.8. The van der Waals surface area contributed by atoms with Crippen LogP contribution in [0.2, 0.25) is 0 Å². The van der Waals surface area contributed by atoms with Gasteiger partial charge in [-0.05, 0) is 39.2 Å². The van der Waals surface area contributed by atoms with E-state index < -0.39 is 5.60 Å². The van der Waals surface area contributed by atoms with Crippen molar-refractivity contribution in [3.05, 3.63) is 78.0 Å². The molecule has 7 nitrogen and oxygen atoms in total. The Morgan fingerprint density at radius 1 is 1.00 bits per heavy atom. The van der Waals surface area contributed by atoms with Gasteiger partial charge in [-0.25, -0.2) is 4.79 Å². The molecular weight excluding hydrogens is 440 g/mol. The summed E-state index contributed by atoms with van der Waals surface area (Å²) >= 11 is 0. The molecule has 184 valence electrons. The van der Waals surface area contributed by atoms with Crippen LogP contribution in [0, 0.1) is 5.92 Å². The number of carbonyl (C=O) groups is 2. The minimum absolute atomic E-state index is 0.0173. The molecule has 3 aromatic rings. The van der Waals surface area contributed by atoms with E-state index in [0.29, 0.717) is 39.0 Å². The van der Waals surface area contributed by atoms with Crippen LogP contribution in [0.25, 0.3) is 11.3 Å². The molecule has 1 aliphatic rings. The summed E-state index contributed by atoms with van der Waals surface area (Å²) in [5.74, 6) is -0.100. The van der Waals surface area contributed by atoms with Crippen LogP contribution >= 0.6 is 0 Å². The molecule has 1 N–H and O–H groups in total. The van der Waals surface area contributed by atoms with E-state index in [-0.39, 0.29) is 17.9 Å². The van der Waals surface area contributed by atoms with Gasteiger partial charge in [0, 0.05) is 42.9 Å². The minimum Gasteiger partial charge on any atom is -0.444 e.